The number of Topliss-reactive ketones (excluding diaryl/α,β-unsaturated/α-hetero) is 1. The van der Waals surface area contributed by atoms with Crippen molar-refractivity contribution in [2.24, 2.45) is 0 Å². The zero-order valence-corrected chi connectivity index (χ0v) is 18.7. The minimum atomic E-state index is -4.57. The van der Waals surface area contributed by atoms with Crippen LogP contribution >= 0.6 is 0 Å². The van der Waals surface area contributed by atoms with Gasteiger partial charge in [0.2, 0.25) is 0 Å². The first-order valence-electron chi connectivity index (χ1n) is 11.1. The molecule has 1 unspecified atom stereocenters. The zero-order valence-electron chi connectivity index (χ0n) is 18.7. The van der Waals surface area contributed by atoms with Crippen molar-refractivity contribution in [2.45, 2.75) is 25.2 Å². The normalized spacial score (nSPS) is 18.9. The second-order valence-electron chi connectivity index (χ2n) is 8.64. The highest BCUT2D eigenvalue weighted by Gasteiger charge is 2.46. The lowest BCUT2D eigenvalue weighted by Crippen LogP contribution is -2.29. The second kappa shape index (κ2) is 8.75. The highest BCUT2D eigenvalue weighted by atomic mass is 19.4. The third-order valence-corrected chi connectivity index (χ3v) is 6.32. The van der Waals surface area contributed by atoms with Crippen molar-refractivity contribution in [3.63, 3.8) is 0 Å². The lowest BCUT2D eigenvalue weighted by molar-refractivity contribution is -0.140. The molecule has 184 valence electrons. The monoisotopic (exact) mass is 495 g/mol. The van der Waals surface area contributed by atoms with Crippen molar-refractivity contribution in [2.75, 3.05) is 6.61 Å². The molecule has 2 aliphatic heterocycles. The Morgan fingerprint density at radius 3 is 2.50 bits per heavy atom. The Kier molecular flexibility index (Phi) is 5.70. The van der Waals surface area contributed by atoms with Gasteiger partial charge in [-0.3, -0.25) is 9.59 Å². The van der Waals surface area contributed by atoms with Crippen molar-refractivity contribution >= 4 is 17.4 Å². The van der Waals surface area contributed by atoms with Gasteiger partial charge in [0.25, 0.3) is 11.7 Å². The number of halogens is 3. The van der Waals surface area contributed by atoms with Gasteiger partial charge in [-0.25, -0.2) is 0 Å². The number of alkyl halides is 3. The highest BCUT2D eigenvalue weighted by Crippen LogP contribution is 2.41. The Balaban J connectivity index is 1.61. The van der Waals surface area contributed by atoms with E-state index in [0.29, 0.717) is 29.9 Å². The van der Waals surface area contributed by atoms with Crippen molar-refractivity contribution in [1.29, 1.82) is 0 Å². The molecule has 2 N–H and O–H groups in total. The topological polar surface area (TPSA) is 87.1 Å². The van der Waals surface area contributed by atoms with Gasteiger partial charge in [0, 0.05) is 18.5 Å². The van der Waals surface area contributed by atoms with Crippen LogP contribution in [0.3, 0.4) is 0 Å². The Bertz CT molecular complexity index is 1400. The Labute approximate surface area is 203 Å². The van der Waals surface area contributed by atoms with Crippen LogP contribution in [0.25, 0.3) is 5.76 Å². The fourth-order valence-electron chi connectivity index (χ4n) is 4.58. The third kappa shape index (κ3) is 4.17. The van der Waals surface area contributed by atoms with Crippen LogP contribution in [-0.2, 0) is 28.7 Å². The number of carbonyl (C=O) groups excluding carboxylic acids is 2. The second-order valence-corrected chi connectivity index (χ2v) is 8.64. The zero-order chi connectivity index (χ0) is 25.6. The molecule has 5 rings (SSSR count). The molecule has 0 radical (unpaired) electrons. The van der Waals surface area contributed by atoms with E-state index in [0.717, 1.165) is 22.6 Å². The van der Waals surface area contributed by atoms with E-state index in [4.69, 9.17) is 4.74 Å². The number of carbonyl (C=O) groups is 2. The molecule has 0 spiro atoms. The number of aliphatic hydroxyl groups is 1. The first-order chi connectivity index (χ1) is 17.1. The number of ketones is 1. The van der Waals surface area contributed by atoms with Gasteiger partial charge in [0.15, 0.2) is 0 Å². The summed E-state index contributed by atoms with van der Waals surface area (Å²) < 4.78 is 45.2. The summed E-state index contributed by atoms with van der Waals surface area (Å²) in [6, 6.07) is 14.1. The molecular formula is C27H20F3NO5. The number of phenolic OH excluding ortho intramolecular Hbond substituents is 1. The van der Waals surface area contributed by atoms with Gasteiger partial charge in [0.1, 0.15) is 17.3 Å². The molecule has 36 heavy (non-hydrogen) atoms. The van der Waals surface area contributed by atoms with Crippen LogP contribution in [0.1, 0.15) is 33.9 Å². The third-order valence-electron chi connectivity index (χ3n) is 6.32. The van der Waals surface area contributed by atoms with E-state index in [1.165, 1.54) is 36.4 Å². The molecule has 1 saturated heterocycles. The van der Waals surface area contributed by atoms with E-state index in [9.17, 15) is 33.0 Å². The molecule has 3 aromatic rings. The fourth-order valence-corrected chi connectivity index (χ4v) is 4.58. The van der Waals surface area contributed by atoms with E-state index in [-0.39, 0.29) is 23.4 Å². The predicted molar refractivity (Wildman–Crippen MR) is 123 cm³/mol. The molecule has 0 saturated carbocycles. The Morgan fingerprint density at radius 1 is 1.03 bits per heavy atom. The van der Waals surface area contributed by atoms with Gasteiger partial charge in [-0.1, -0.05) is 24.3 Å². The van der Waals surface area contributed by atoms with Crippen LogP contribution in [0, 0.1) is 0 Å². The number of hydrogen-bond donors (Lipinski definition) is 2. The lowest BCUT2D eigenvalue weighted by Gasteiger charge is -2.26. The van der Waals surface area contributed by atoms with Gasteiger partial charge < -0.3 is 19.8 Å². The number of amides is 1. The summed E-state index contributed by atoms with van der Waals surface area (Å²) in [5, 5.41) is 20.9. The van der Waals surface area contributed by atoms with E-state index < -0.39 is 35.2 Å². The van der Waals surface area contributed by atoms with E-state index in [1.807, 2.05) is 0 Å². The molecule has 9 heteroatoms. The molecule has 6 nitrogen and oxygen atoms in total. The molecular weight excluding hydrogens is 475 g/mol. The highest BCUT2D eigenvalue weighted by molar-refractivity contribution is 6.46. The predicted octanol–water partition coefficient (Wildman–Crippen LogP) is 4.97. The molecule has 0 aliphatic carbocycles. The molecule has 2 heterocycles. The van der Waals surface area contributed by atoms with Crippen molar-refractivity contribution < 1.29 is 37.7 Å². The van der Waals surface area contributed by atoms with Gasteiger partial charge in [-0.05, 0) is 59.2 Å². The molecule has 1 fully saturated rings. The van der Waals surface area contributed by atoms with Crippen molar-refractivity contribution in [1.82, 2.24) is 4.90 Å². The summed E-state index contributed by atoms with van der Waals surface area (Å²) in [5.74, 6) is -1.67. The number of hydrogen-bond acceptors (Lipinski definition) is 5. The molecule has 1 amide bonds. The molecule has 2 aliphatic rings. The van der Waals surface area contributed by atoms with Crippen LogP contribution in [0.15, 0.2) is 72.3 Å². The molecule has 3 aromatic carbocycles. The number of nitrogens with zero attached hydrogens (tertiary/aromatic N) is 1. The maximum Gasteiger partial charge on any atom is 0.416 e. The number of aliphatic hydroxyl groups excluding tert-OH is 1. The maximum absolute atomic E-state index is 13.2. The molecule has 0 bridgehead atoms. The van der Waals surface area contributed by atoms with Crippen LogP contribution in [-0.4, -0.2) is 33.4 Å². The summed E-state index contributed by atoms with van der Waals surface area (Å²) in [6.07, 6.45) is -3.94. The van der Waals surface area contributed by atoms with E-state index in [1.54, 1.807) is 18.2 Å². The number of aromatic hydroxyl groups is 1. The van der Waals surface area contributed by atoms with Gasteiger partial charge in [-0.15, -0.1) is 0 Å². The van der Waals surface area contributed by atoms with Crippen LogP contribution < -0.4 is 4.74 Å². The molecule has 0 aromatic heterocycles. The summed E-state index contributed by atoms with van der Waals surface area (Å²) in [5.41, 5.74) is 0.684. The van der Waals surface area contributed by atoms with Gasteiger partial charge in [-0.2, -0.15) is 13.2 Å². The Hall–Kier alpha value is -4.27. The lowest BCUT2D eigenvalue weighted by atomic mass is 9.94. The van der Waals surface area contributed by atoms with Crippen LogP contribution in [0.5, 0.6) is 11.5 Å². The first kappa shape index (κ1) is 23.5. The number of likely N-dealkylation sites (tertiary alicyclic amines) is 1. The van der Waals surface area contributed by atoms with E-state index >= 15 is 0 Å². The standard InChI is InChI=1S/C27H20F3NO5/c28-27(29,30)19-3-1-2-15(12-19)14-31-23(16-4-7-20(32)8-5-16)22(25(34)26(31)35)24(33)18-6-9-21-17(13-18)10-11-36-21/h1-9,12-13,23,32-33H,10-11,14H2/b24-22-. The Morgan fingerprint density at radius 2 is 1.78 bits per heavy atom. The van der Waals surface area contributed by atoms with Crippen LogP contribution in [0.4, 0.5) is 13.2 Å². The fraction of sp³-hybridized carbons (Fsp3) is 0.185. The first-order valence-corrected chi connectivity index (χ1v) is 11.1. The number of rotatable bonds is 4. The molecule has 1 atom stereocenters. The summed E-state index contributed by atoms with van der Waals surface area (Å²) in [6.45, 7) is 0.198. The summed E-state index contributed by atoms with van der Waals surface area (Å²) in [4.78, 5) is 27.4. The SMILES string of the molecule is O=C1C(=O)N(Cc2cccc(C(F)(F)F)c2)C(c2ccc(O)cc2)/C1=C(/O)c1ccc2c(c1)CCO2. The number of fused-ring (bicyclic) bond motifs is 1. The smallest absolute Gasteiger partial charge is 0.416 e. The number of ether oxygens (including phenoxy) is 1. The van der Waals surface area contributed by atoms with Gasteiger partial charge >= 0.3 is 6.18 Å². The average molecular weight is 495 g/mol. The number of benzene rings is 3. The minimum Gasteiger partial charge on any atom is -0.508 e. The number of phenols is 1. The quantitative estimate of drug-likeness (QED) is 0.303. The van der Waals surface area contributed by atoms with Crippen LogP contribution in [0.2, 0.25) is 0 Å². The van der Waals surface area contributed by atoms with E-state index in [2.05, 4.69) is 0 Å². The largest absolute Gasteiger partial charge is 0.508 e. The summed E-state index contributed by atoms with van der Waals surface area (Å²) >= 11 is 0. The minimum absolute atomic E-state index is 0.0489. The average Bonchev–Trinajstić information content (AvgIpc) is 3.42. The van der Waals surface area contributed by atoms with Crippen molar-refractivity contribution in [3.8, 4) is 11.5 Å². The van der Waals surface area contributed by atoms with Gasteiger partial charge in [0.05, 0.1) is 23.8 Å². The maximum atomic E-state index is 13.2. The summed E-state index contributed by atoms with van der Waals surface area (Å²) in [7, 11) is 0. The van der Waals surface area contributed by atoms with Crippen molar-refractivity contribution in [3.05, 3.63) is 100 Å².